The van der Waals surface area contributed by atoms with Crippen molar-refractivity contribution in [2.24, 2.45) is 12.9 Å². The number of rotatable bonds is 5. The van der Waals surface area contributed by atoms with E-state index in [1.165, 1.54) is 5.56 Å². The third-order valence-electron chi connectivity index (χ3n) is 3.01. The fourth-order valence-electron chi connectivity index (χ4n) is 2.02. The molecule has 2 aromatic rings. The molecule has 1 aromatic carbocycles. The maximum absolute atomic E-state index is 6.04. The zero-order valence-electron chi connectivity index (χ0n) is 10.6. The molecule has 19 heavy (non-hydrogen) atoms. The van der Waals surface area contributed by atoms with Crippen molar-refractivity contribution in [3.05, 3.63) is 51.2 Å². The number of hydrogen-bond donors (Lipinski definition) is 2. The second-order valence-corrected chi connectivity index (χ2v) is 5.74. The first-order valence-electron chi connectivity index (χ1n) is 5.98. The van der Waals surface area contributed by atoms with Gasteiger partial charge in [-0.05, 0) is 42.2 Å². The summed E-state index contributed by atoms with van der Waals surface area (Å²) in [5.41, 5.74) is 5.11. The highest BCUT2D eigenvalue weighted by Crippen LogP contribution is 2.28. The van der Waals surface area contributed by atoms with E-state index in [9.17, 15) is 0 Å². The van der Waals surface area contributed by atoms with Crippen molar-refractivity contribution in [1.29, 1.82) is 0 Å². The summed E-state index contributed by atoms with van der Waals surface area (Å²) in [4.78, 5) is 0. The minimum absolute atomic E-state index is 0.0493. The standard InChI is InChI=1S/C13H16BrClN4/c1-19-8-9(7-17-19)2-5-13(18-16)11-6-10(15)3-4-12(11)14/h3-4,6-8,13,18H,2,5,16H2,1H3. The number of nitrogens with two attached hydrogens (primary N) is 1. The van der Waals surface area contributed by atoms with Gasteiger partial charge in [0.1, 0.15) is 0 Å². The second-order valence-electron chi connectivity index (χ2n) is 4.45. The number of benzene rings is 1. The van der Waals surface area contributed by atoms with Gasteiger partial charge < -0.3 is 0 Å². The van der Waals surface area contributed by atoms with Crippen molar-refractivity contribution in [1.82, 2.24) is 15.2 Å². The van der Waals surface area contributed by atoms with Gasteiger partial charge in [0.05, 0.1) is 6.20 Å². The van der Waals surface area contributed by atoms with Gasteiger partial charge in [0.2, 0.25) is 0 Å². The summed E-state index contributed by atoms with van der Waals surface area (Å²) in [7, 11) is 1.91. The van der Waals surface area contributed by atoms with Crippen LogP contribution in [0.2, 0.25) is 5.02 Å². The first-order chi connectivity index (χ1) is 9.10. The normalized spacial score (nSPS) is 12.6. The minimum Gasteiger partial charge on any atom is -0.276 e. The Morgan fingerprint density at radius 2 is 2.32 bits per heavy atom. The molecule has 0 fully saturated rings. The maximum Gasteiger partial charge on any atom is 0.0521 e. The molecule has 0 spiro atoms. The van der Waals surface area contributed by atoms with Gasteiger partial charge in [0.25, 0.3) is 0 Å². The molecule has 1 heterocycles. The van der Waals surface area contributed by atoms with Gasteiger partial charge in [0.15, 0.2) is 0 Å². The van der Waals surface area contributed by atoms with Crippen LogP contribution in [-0.4, -0.2) is 9.78 Å². The van der Waals surface area contributed by atoms with E-state index in [1.54, 1.807) is 4.68 Å². The first-order valence-corrected chi connectivity index (χ1v) is 7.16. The molecule has 1 aromatic heterocycles. The fourth-order valence-corrected chi connectivity index (χ4v) is 2.73. The number of halogens is 2. The molecule has 0 aliphatic heterocycles. The van der Waals surface area contributed by atoms with Crippen LogP contribution in [0, 0.1) is 0 Å². The summed E-state index contributed by atoms with van der Waals surface area (Å²) in [6.45, 7) is 0. The van der Waals surface area contributed by atoms with Crippen LogP contribution < -0.4 is 11.3 Å². The maximum atomic E-state index is 6.04. The number of nitrogens with zero attached hydrogens (tertiary/aromatic N) is 2. The van der Waals surface area contributed by atoms with Gasteiger partial charge in [-0.15, -0.1) is 0 Å². The van der Waals surface area contributed by atoms with Crippen LogP contribution in [0.4, 0.5) is 0 Å². The Kier molecular flexibility index (Phi) is 4.99. The average Bonchev–Trinajstić information content (AvgIpc) is 2.80. The van der Waals surface area contributed by atoms with E-state index in [2.05, 4.69) is 26.5 Å². The molecular weight excluding hydrogens is 328 g/mol. The van der Waals surface area contributed by atoms with Gasteiger partial charge in [-0.3, -0.25) is 16.0 Å². The van der Waals surface area contributed by atoms with E-state index in [4.69, 9.17) is 17.4 Å². The Bertz CT molecular complexity index is 555. The van der Waals surface area contributed by atoms with Crippen molar-refractivity contribution in [2.45, 2.75) is 18.9 Å². The summed E-state index contributed by atoms with van der Waals surface area (Å²) in [6.07, 6.45) is 5.67. The van der Waals surface area contributed by atoms with Crippen molar-refractivity contribution in [3.8, 4) is 0 Å². The van der Waals surface area contributed by atoms with Crippen LogP contribution in [0.3, 0.4) is 0 Å². The van der Waals surface area contributed by atoms with E-state index < -0.39 is 0 Å². The van der Waals surface area contributed by atoms with Gasteiger partial charge >= 0.3 is 0 Å². The van der Waals surface area contributed by atoms with E-state index >= 15 is 0 Å². The molecule has 0 aliphatic rings. The van der Waals surface area contributed by atoms with Crippen molar-refractivity contribution in [3.63, 3.8) is 0 Å². The van der Waals surface area contributed by atoms with Crippen LogP contribution >= 0.6 is 27.5 Å². The molecule has 0 bridgehead atoms. The molecule has 1 atom stereocenters. The zero-order valence-corrected chi connectivity index (χ0v) is 12.9. The molecule has 0 amide bonds. The Balaban J connectivity index is 2.09. The number of hydrazine groups is 1. The lowest BCUT2D eigenvalue weighted by Gasteiger charge is -2.17. The smallest absolute Gasteiger partial charge is 0.0521 e. The molecular formula is C13H16BrClN4. The van der Waals surface area contributed by atoms with Crippen molar-refractivity contribution in [2.75, 3.05) is 0 Å². The summed E-state index contributed by atoms with van der Waals surface area (Å²) >= 11 is 9.57. The predicted molar refractivity (Wildman–Crippen MR) is 80.7 cm³/mol. The van der Waals surface area contributed by atoms with E-state index in [0.29, 0.717) is 5.02 Å². The molecule has 0 saturated heterocycles. The summed E-state index contributed by atoms with van der Waals surface area (Å²) in [6, 6.07) is 5.77. The third kappa shape index (κ3) is 3.79. The highest BCUT2D eigenvalue weighted by atomic mass is 79.9. The lowest BCUT2D eigenvalue weighted by Crippen LogP contribution is -2.28. The Hall–Kier alpha value is -0.880. The molecule has 0 saturated carbocycles. The number of aromatic nitrogens is 2. The highest BCUT2D eigenvalue weighted by molar-refractivity contribution is 9.10. The molecule has 0 radical (unpaired) electrons. The predicted octanol–water partition coefficient (Wildman–Crippen LogP) is 2.97. The van der Waals surface area contributed by atoms with Gasteiger partial charge in [-0.2, -0.15) is 5.10 Å². The van der Waals surface area contributed by atoms with Crippen molar-refractivity contribution >= 4 is 27.5 Å². The fraction of sp³-hybridized carbons (Fsp3) is 0.308. The van der Waals surface area contributed by atoms with Crippen LogP contribution in [0.1, 0.15) is 23.6 Å². The lowest BCUT2D eigenvalue weighted by molar-refractivity contribution is 0.514. The molecule has 2 rings (SSSR count). The van der Waals surface area contributed by atoms with Gasteiger partial charge in [-0.1, -0.05) is 27.5 Å². The molecule has 102 valence electrons. The lowest BCUT2D eigenvalue weighted by atomic mass is 10.0. The SMILES string of the molecule is Cn1cc(CCC(NN)c2cc(Cl)ccc2Br)cn1. The number of nitrogens with one attached hydrogen (secondary N) is 1. The Morgan fingerprint density at radius 3 is 2.95 bits per heavy atom. The monoisotopic (exact) mass is 342 g/mol. The Labute approximate surface area is 126 Å². The minimum atomic E-state index is 0.0493. The van der Waals surface area contributed by atoms with E-state index in [1.807, 2.05) is 37.6 Å². The number of aryl methyl sites for hydroxylation is 2. The highest BCUT2D eigenvalue weighted by Gasteiger charge is 2.14. The van der Waals surface area contributed by atoms with Gasteiger partial charge in [0, 0.05) is 28.8 Å². The van der Waals surface area contributed by atoms with Crippen molar-refractivity contribution < 1.29 is 0 Å². The van der Waals surface area contributed by atoms with Crippen LogP contribution in [0.5, 0.6) is 0 Å². The van der Waals surface area contributed by atoms with Crippen LogP contribution in [0.15, 0.2) is 35.1 Å². The topological polar surface area (TPSA) is 55.9 Å². The van der Waals surface area contributed by atoms with E-state index in [-0.39, 0.29) is 6.04 Å². The molecule has 4 nitrogen and oxygen atoms in total. The summed E-state index contributed by atoms with van der Waals surface area (Å²) in [5, 5.41) is 4.87. The van der Waals surface area contributed by atoms with Gasteiger partial charge in [-0.25, -0.2) is 0 Å². The number of hydrogen-bond acceptors (Lipinski definition) is 3. The van der Waals surface area contributed by atoms with E-state index in [0.717, 1.165) is 22.9 Å². The zero-order chi connectivity index (χ0) is 13.8. The molecule has 0 aliphatic carbocycles. The molecule has 6 heteroatoms. The Morgan fingerprint density at radius 1 is 1.53 bits per heavy atom. The third-order valence-corrected chi connectivity index (χ3v) is 3.97. The largest absolute Gasteiger partial charge is 0.276 e. The molecule has 3 N–H and O–H groups in total. The second kappa shape index (κ2) is 6.52. The quantitative estimate of drug-likeness (QED) is 0.648. The summed E-state index contributed by atoms with van der Waals surface area (Å²) < 4.78 is 2.81. The first kappa shape index (κ1) is 14.5. The average molecular weight is 344 g/mol. The van der Waals surface area contributed by atoms with Crippen LogP contribution in [-0.2, 0) is 13.5 Å². The van der Waals surface area contributed by atoms with Crippen LogP contribution in [0.25, 0.3) is 0 Å². The summed E-state index contributed by atoms with van der Waals surface area (Å²) in [5.74, 6) is 5.66. The molecule has 1 unspecified atom stereocenters.